The molecule has 1 unspecified atom stereocenters. The number of fused-ring (bicyclic) bond motifs is 1. The maximum Gasteiger partial charge on any atom is 0.244 e. The quantitative estimate of drug-likeness (QED) is 0.806. The third-order valence-corrected chi connectivity index (χ3v) is 4.43. The number of benzene rings is 1. The van der Waals surface area contributed by atoms with Gasteiger partial charge >= 0.3 is 0 Å². The molecule has 0 radical (unpaired) electrons. The van der Waals surface area contributed by atoms with Gasteiger partial charge in [0.25, 0.3) is 0 Å². The molecule has 1 aromatic heterocycles. The SMILES string of the molecule is COCC(C)NC(=O)/C=C(\C)c1cc2c(C)c(C)oc2c(C)c1OC. The molecule has 0 fully saturated rings. The number of furan rings is 1. The van der Waals surface area contributed by atoms with E-state index in [-0.39, 0.29) is 11.9 Å². The van der Waals surface area contributed by atoms with Crippen LogP contribution in [0.1, 0.15) is 36.3 Å². The lowest BCUT2D eigenvalue weighted by molar-refractivity contribution is -0.117. The Hall–Kier alpha value is -2.27. The first kappa shape index (κ1) is 19.1. The Morgan fingerprint density at radius 1 is 1.28 bits per heavy atom. The first-order valence-corrected chi connectivity index (χ1v) is 8.35. The average Bonchev–Trinajstić information content (AvgIpc) is 2.83. The average molecular weight is 345 g/mol. The Kier molecular flexibility index (Phi) is 5.90. The topological polar surface area (TPSA) is 60.7 Å². The van der Waals surface area contributed by atoms with Gasteiger partial charge in [0.15, 0.2) is 0 Å². The first-order valence-electron chi connectivity index (χ1n) is 8.35. The number of methoxy groups -OCH3 is 2. The molecule has 0 saturated heterocycles. The summed E-state index contributed by atoms with van der Waals surface area (Å²) in [6.07, 6.45) is 1.59. The summed E-state index contributed by atoms with van der Waals surface area (Å²) >= 11 is 0. The van der Waals surface area contributed by atoms with Crippen molar-refractivity contribution in [2.24, 2.45) is 0 Å². The number of amides is 1. The fraction of sp³-hybridized carbons (Fsp3) is 0.450. The zero-order chi connectivity index (χ0) is 18.7. The second-order valence-corrected chi connectivity index (χ2v) is 6.43. The minimum Gasteiger partial charge on any atom is -0.496 e. The van der Waals surface area contributed by atoms with E-state index in [1.807, 2.05) is 40.7 Å². The van der Waals surface area contributed by atoms with Crippen LogP contribution in [0.15, 0.2) is 16.6 Å². The van der Waals surface area contributed by atoms with Gasteiger partial charge in [-0.2, -0.15) is 0 Å². The van der Waals surface area contributed by atoms with Gasteiger partial charge in [0.1, 0.15) is 17.1 Å². The van der Waals surface area contributed by atoms with E-state index in [2.05, 4.69) is 5.32 Å². The summed E-state index contributed by atoms with van der Waals surface area (Å²) in [5.41, 5.74) is 4.61. The van der Waals surface area contributed by atoms with Gasteiger partial charge in [0.2, 0.25) is 5.91 Å². The second kappa shape index (κ2) is 7.74. The Labute approximate surface area is 149 Å². The number of hydrogen-bond acceptors (Lipinski definition) is 4. The number of allylic oxidation sites excluding steroid dienone is 1. The fourth-order valence-electron chi connectivity index (χ4n) is 3.02. The van der Waals surface area contributed by atoms with Crippen molar-refractivity contribution in [3.63, 3.8) is 0 Å². The normalized spacial score (nSPS) is 13.2. The molecule has 0 bridgehead atoms. The van der Waals surface area contributed by atoms with Gasteiger partial charge in [-0.25, -0.2) is 0 Å². The summed E-state index contributed by atoms with van der Waals surface area (Å²) < 4.78 is 16.5. The Morgan fingerprint density at radius 2 is 1.96 bits per heavy atom. The van der Waals surface area contributed by atoms with Crippen LogP contribution in [0.3, 0.4) is 0 Å². The largest absolute Gasteiger partial charge is 0.496 e. The molecular formula is C20H27NO4. The number of nitrogens with one attached hydrogen (secondary N) is 1. The van der Waals surface area contributed by atoms with Gasteiger partial charge in [-0.15, -0.1) is 0 Å². The predicted octanol–water partition coefficient (Wildman–Crippen LogP) is 3.92. The monoisotopic (exact) mass is 345 g/mol. The summed E-state index contributed by atoms with van der Waals surface area (Å²) in [7, 11) is 3.25. The van der Waals surface area contributed by atoms with Gasteiger partial charge in [0.05, 0.1) is 13.7 Å². The van der Waals surface area contributed by atoms with Crippen molar-refractivity contribution in [3.8, 4) is 5.75 Å². The van der Waals surface area contributed by atoms with E-state index >= 15 is 0 Å². The number of ether oxygens (including phenoxy) is 2. The molecule has 0 spiro atoms. The minimum absolute atomic E-state index is 0.0496. The van der Waals surface area contributed by atoms with Gasteiger partial charge < -0.3 is 19.2 Å². The number of aryl methyl sites for hydroxylation is 3. The smallest absolute Gasteiger partial charge is 0.244 e. The molecule has 0 saturated carbocycles. The van der Waals surface area contributed by atoms with Crippen LogP contribution in [-0.4, -0.2) is 32.8 Å². The fourth-order valence-corrected chi connectivity index (χ4v) is 3.02. The third kappa shape index (κ3) is 3.87. The van der Waals surface area contributed by atoms with Gasteiger partial charge in [-0.1, -0.05) is 0 Å². The van der Waals surface area contributed by atoms with E-state index in [1.54, 1.807) is 20.3 Å². The molecular weight excluding hydrogens is 318 g/mol. The summed E-state index contributed by atoms with van der Waals surface area (Å²) in [5, 5.41) is 3.93. The molecule has 1 heterocycles. The summed E-state index contributed by atoms with van der Waals surface area (Å²) in [4.78, 5) is 12.2. The van der Waals surface area contributed by atoms with Crippen molar-refractivity contribution >= 4 is 22.4 Å². The van der Waals surface area contributed by atoms with Crippen molar-refractivity contribution in [3.05, 3.63) is 34.6 Å². The molecule has 2 rings (SSSR count). The van der Waals surface area contributed by atoms with Crippen LogP contribution in [-0.2, 0) is 9.53 Å². The lowest BCUT2D eigenvalue weighted by Gasteiger charge is -2.14. The van der Waals surface area contributed by atoms with E-state index in [0.717, 1.165) is 44.7 Å². The number of rotatable bonds is 6. The van der Waals surface area contributed by atoms with E-state index in [0.29, 0.717) is 6.61 Å². The molecule has 1 atom stereocenters. The summed E-state index contributed by atoms with van der Waals surface area (Å²) in [6, 6.07) is 1.98. The van der Waals surface area contributed by atoms with Crippen LogP contribution >= 0.6 is 0 Å². The highest BCUT2D eigenvalue weighted by Gasteiger charge is 2.18. The lowest BCUT2D eigenvalue weighted by atomic mass is 9.98. The minimum atomic E-state index is -0.151. The number of carbonyl (C=O) groups is 1. The van der Waals surface area contributed by atoms with Crippen LogP contribution in [0.2, 0.25) is 0 Å². The summed E-state index contributed by atoms with van der Waals surface area (Å²) in [5.74, 6) is 1.47. The molecule has 5 nitrogen and oxygen atoms in total. The maximum absolute atomic E-state index is 12.2. The molecule has 1 aromatic carbocycles. The highest BCUT2D eigenvalue weighted by Crippen LogP contribution is 2.38. The van der Waals surface area contributed by atoms with E-state index in [4.69, 9.17) is 13.9 Å². The van der Waals surface area contributed by atoms with Crippen LogP contribution in [0.5, 0.6) is 5.75 Å². The number of carbonyl (C=O) groups excluding carboxylic acids is 1. The Bertz CT molecular complexity index is 817. The molecule has 2 aromatic rings. The standard InChI is InChI=1S/C20H27NO4/c1-11(8-18(22)21-12(2)10-23-6)16-9-17-13(3)15(5)25-20(17)14(4)19(16)24-7/h8-9,12H,10H2,1-7H3,(H,21,22)/b11-8+. The molecule has 0 aliphatic heterocycles. The molecule has 0 aliphatic rings. The Morgan fingerprint density at radius 3 is 2.56 bits per heavy atom. The summed E-state index contributed by atoms with van der Waals surface area (Å²) in [6.45, 7) is 10.2. The molecule has 1 N–H and O–H groups in total. The highest BCUT2D eigenvalue weighted by atomic mass is 16.5. The van der Waals surface area contributed by atoms with Crippen LogP contribution in [0.4, 0.5) is 0 Å². The van der Waals surface area contributed by atoms with Crippen LogP contribution in [0, 0.1) is 20.8 Å². The second-order valence-electron chi connectivity index (χ2n) is 6.43. The van der Waals surface area contributed by atoms with Crippen molar-refractivity contribution in [1.29, 1.82) is 0 Å². The van der Waals surface area contributed by atoms with Crippen molar-refractivity contribution in [2.75, 3.05) is 20.8 Å². The molecule has 136 valence electrons. The molecule has 0 aliphatic carbocycles. The third-order valence-electron chi connectivity index (χ3n) is 4.43. The van der Waals surface area contributed by atoms with Gasteiger partial charge in [-0.3, -0.25) is 4.79 Å². The van der Waals surface area contributed by atoms with Gasteiger partial charge in [0, 0.05) is 35.7 Å². The van der Waals surface area contributed by atoms with E-state index in [9.17, 15) is 4.79 Å². The van der Waals surface area contributed by atoms with Crippen molar-refractivity contribution in [1.82, 2.24) is 5.32 Å². The predicted molar refractivity (Wildman–Crippen MR) is 100 cm³/mol. The molecule has 25 heavy (non-hydrogen) atoms. The van der Waals surface area contributed by atoms with Crippen molar-refractivity contribution in [2.45, 2.75) is 40.7 Å². The van der Waals surface area contributed by atoms with Crippen LogP contribution < -0.4 is 10.1 Å². The maximum atomic E-state index is 12.2. The van der Waals surface area contributed by atoms with E-state index < -0.39 is 0 Å². The van der Waals surface area contributed by atoms with Crippen molar-refractivity contribution < 1.29 is 18.7 Å². The Balaban J connectivity index is 2.46. The molecule has 5 heteroatoms. The first-order chi connectivity index (χ1) is 11.8. The van der Waals surface area contributed by atoms with Gasteiger partial charge in [-0.05, 0) is 51.8 Å². The van der Waals surface area contributed by atoms with Crippen LogP contribution in [0.25, 0.3) is 16.5 Å². The lowest BCUT2D eigenvalue weighted by Crippen LogP contribution is -2.34. The number of hydrogen-bond donors (Lipinski definition) is 1. The van der Waals surface area contributed by atoms with E-state index in [1.165, 1.54) is 0 Å². The highest BCUT2D eigenvalue weighted by molar-refractivity contribution is 5.98. The molecule has 1 amide bonds. The zero-order valence-corrected chi connectivity index (χ0v) is 16.1. The zero-order valence-electron chi connectivity index (χ0n) is 16.1.